The van der Waals surface area contributed by atoms with Crippen molar-refractivity contribution in [1.82, 2.24) is 5.32 Å². The van der Waals surface area contributed by atoms with Crippen molar-refractivity contribution in [3.8, 4) is 11.8 Å². The maximum Gasteiger partial charge on any atom is 0.256 e. The number of hydrogen-bond acceptors (Lipinski definition) is 4. The van der Waals surface area contributed by atoms with Crippen molar-refractivity contribution in [1.29, 1.82) is 5.26 Å². The lowest BCUT2D eigenvalue weighted by Gasteiger charge is -2.39. The Balaban J connectivity index is 1.69. The number of nitrogens with zero attached hydrogens (tertiary/aromatic N) is 1. The van der Waals surface area contributed by atoms with Crippen molar-refractivity contribution in [2.75, 3.05) is 18.4 Å². The second-order valence-corrected chi connectivity index (χ2v) is 6.62. The van der Waals surface area contributed by atoms with E-state index in [2.05, 4.69) is 16.7 Å². The zero-order valence-corrected chi connectivity index (χ0v) is 14.3. The first-order valence-electron chi connectivity index (χ1n) is 8.73. The second kappa shape index (κ2) is 6.66. The summed E-state index contributed by atoms with van der Waals surface area (Å²) in [5.74, 6) is 0.557. The molecule has 2 aliphatic heterocycles. The number of carbonyl (C=O) groups is 1. The lowest BCUT2D eigenvalue weighted by Crippen LogP contribution is -2.46. The number of hydrogen-bond donors (Lipinski definition) is 2. The number of rotatable bonds is 2. The van der Waals surface area contributed by atoms with E-state index < -0.39 is 5.60 Å². The molecule has 0 atom stereocenters. The Kier molecular flexibility index (Phi) is 4.19. The first kappa shape index (κ1) is 16.4. The van der Waals surface area contributed by atoms with Crippen LogP contribution in [-0.2, 0) is 4.79 Å². The molecule has 2 N–H and O–H groups in total. The summed E-state index contributed by atoms with van der Waals surface area (Å²) in [4.78, 5) is 13.0. The van der Waals surface area contributed by atoms with Crippen LogP contribution >= 0.6 is 0 Å². The van der Waals surface area contributed by atoms with Crippen LogP contribution in [0.3, 0.4) is 0 Å². The number of carbonyl (C=O) groups excluding carboxylic acids is 1. The fraction of sp³-hybridized carbons (Fsp3) is 0.238. The highest BCUT2D eigenvalue weighted by molar-refractivity contribution is 6.26. The highest BCUT2D eigenvalue weighted by Gasteiger charge is 2.38. The highest BCUT2D eigenvalue weighted by atomic mass is 16.5. The molecule has 26 heavy (non-hydrogen) atoms. The van der Waals surface area contributed by atoms with Crippen LogP contribution in [0.5, 0.6) is 5.75 Å². The monoisotopic (exact) mass is 345 g/mol. The Labute approximate surface area is 152 Å². The van der Waals surface area contributed by atoms with Crippen LogP contribution in [0.15, 0.2) is 54.6 Å². The number of para-hydroxylation sites is 1. The van der Waals surface area contributed by atoms with Crippen LogP contribution in [0.4, 0.5) is 5.69 Å². The van der Waals surface area contributed by atoms with Gasteiger partial charge in [0, 0.05) is 24.1 Å². The average molecular weight is 345 g/mol. The third kappa shape index (κ3) is 3.07. The van der Waals surface area contributed by atoms with E-state index in [4.69, 9.17) is 10.00 Å². The van der Waals surface area contributed by atoms with E-state index in [1.54, 1.807) is 24.3 Å². The first-order chi connectivity index (χ1) is 12.7. The highest BCUT2D eigenvalue weighted by Crippen LogP contribution is 2.40. The molecule has 0 aromatic heterocycles. The lowest BCUT2D eigenvalue weighted by atomic mass is 9.85. The van der Waals surface area contributed by atoms with Gasteiger partial charge in [-0.15, -0.1) is 0 Å². The van der Waals surface area contributed by atoms with Gasteiger partial charge in [-0.2, -0.15) is 5.26 Å². The standard InChI is InChI=1S/C21H19N3O2/c22-14-15-4-3-5-16(12-15)24-20(25)18-13-21(8-10-23-11-9-21)26-19-7-2-1-6-17(18)19/h1-7,12-13,23H,8-11H2,(H,24,25). The van der Waals surface area contributed by atoms with Gasteiger partial charge >= 0.3 is 0 Å². The summed E-state index contributed by atoms with van der Waals surface area (Å²) in [7, 11) is 0. The summed E-state index contributed by atoms with van der Waals surface area (Å²) in [5.41, 5.74) is 2.10. The molecular weight excluding hydrogens is 326 g/mol. The van der Waals surface area contributed by atoms with Gasteiger partial charge in [0.25, 0.3) is 5.91 Å². The van der Waals surface area contributed by atoms with Crippen molar-refractivity contribution in [3.05, 3.63) is 65.7 Å². The van der Waals surface area contributed by atoms with Gasteiger partial charge in [0.05, 0.1) is 17.2 Å². The number of amides is 1. The molecule has 1 fully saturated rings. The van der Waals surface area contributed by atoms with E-state index >= 15 is 0 Å². The number of fused-ring (bicyclic) bond motifs is 1. The molecule has 0 radical (unpaired) electrons. The van der Waals surface area contributed by atoms with Crippen molar-refractivity contribution >= 4 is 17.2 Å². The minimum absolute atomic E-state index is 0.186. The first-order valence-corrected chi connectivity index (χ1v) is 8.73. The van der Waals surface area contributed by atoms with Gasteiger partial charge in [-0.1, -0.05) is 24.3 Å². The normalized spacial score (nSPS) is 17.4. The topological polar surface area (TPSA) is 74.2 Å². The largest absolute Gasteiger partial charge is 0.482 e. The molecule has 0 aliphatic carbocycles. The molecule has 5 nitrogen and oxygen atoms in total. The second-order valence-electron chi connectivity index (χ2n) is 6.62. The van der Waals surface area contributed by atoms with Crippen molar-refractivity contribution in [2.45, 2.75) is 18.4 Å². The van der Waals surface area contributed by atoms with E-state index in [1.807, 2.05) is 30.3 Å². The maximum absolute atomic E-state index is 13.0. The molecule has 1 saturated heterocycles. The number of nitriles is 1. The number of nitrogens with one attached hydrogen (secondary N) is 2. The molecule has 1 spiro atoms. The molecule has 0 bridgehead atoms. The molecule has 2 aromatic rings. The third-order valence-corrected chi connectivity index (χ3v) is 4.84. The van der Waals surface area contributed by atoms with Crippen molar-refractivity contribution in [3.63, 3.8) is 0 Å². The van der Waals surface area contributed by atoms with Crippen LogP contribution in [0.25, 0.3) is 5.57 Å². The van der Waals surface area contributed by atoms with E-state index in [-0.39, 0.29) is 5.91 Å². The SMILES string of the molecule is N#Cc1cccc(NC(=O)C2=CC3(CCNCC3)Oc3ccccc32)c1. The molecule has 1 amide bonds. The number of anilines is 1. The molecule has 130 valence electrons. The Bertz CT molecular complexity index is 921. The molecule has 2 aromatic carbocycles. The predicted molar refractivity (Wildman–Crippen MR) is 99.7 cm³/mol. The van der Waals surface area contributed by atoms with Gasteiger partial charge in [-0.3, -0.25) is 4.79 Å². The van der Waals surface area contributed by atoms with E-state index in [1.165, 1.54) is 0 Å². The third-order valence-electron chi connectivity index (χ3n) is 4.84. The summed E-state index contributed by atoms with van der Waals surface area (Å²) < 4.78 is 6.29. The molecule has 5 heteroatoms. The van der Waals surface area contributed by atoms with Gasteiger partial charge in [0.15, 0.2) is 0 Å². The van der Waals surface area contributed by atoms with E-state index in [9.17, 15) is 4.79 Å². The molecule has 2 aliphatic rings. The van der Waals surface area contributed by atoms with Crippen LogP contribution < -0.4 is 15.4 Å². The van der Waals surface area contributed by atoms with Gasteiger partial charge < -0.3 is 15.4 Å². The lowest BCUT2D eigenvalue weighted by molar-refractivity contribution is -0.111. The van der Waals surface area contributed by atoms with Gasteiger partial charge in [0.1, 0.15) is 11.4 Å². The van der Waals surface area contributed by atoms with E-state index in [0.29, 0.717) is 16.8 Å². The van der Waals surface area contributed by atoms with Crippen molar-refractivity contribution in [2.24, 2.45) is 0 Å². The summed E-state index contributed by atoms with van der Waals surface area (Å²) in [6.45, 7) is 1.72. The summed E-state index contributed by atoms with van der Waals surface area (Å²) in [6.07, 6.45) is 3.61. The molecular formula is C21H19N3O2. The maximum atomic E-state index is 13.0. The summed E-state index contributed by atoms with van der Waals surface area (Å²) >= 11 is 0. The van der Waals surface area contributed by atoms with Crippen LogP contribution in [0, 0.1) is 11.3 Å². The van der Waals surface area contributed by atoms with Gasteiger partial charge in [-0.25, -0.2) is 0 Å². The number of benzene rings is 2. The van der Waals surface area contributed by atoms with Crippen molar-refractivity contribution < 1.29 is 9.53 Å². The smallest absolute Gasteiger partial charge is 0.256 e. The molecule has 2 heterocycles. The van der Waals surface area contributed by atoms with Crippen LogP contribution in [0.2, 0.25) is 0 Å². The molecule has 0 saturated carbocycles. The fourth-order valence-electron chi connectivity index (χ4n) is 3.52. The Hall–Kier alpha value is -3.10. The Morgan fingerprint density at radius 1 is 1.15 bits per heavy atom. The van der Waals surface area contributed by atoms with E-state index in [0.717, 1.165) is 37.2 Å². The minimum Gasteiger partial charge on any atom is -0.482 e. The fourth-order valence-corrected chi connectivity index (χ4v) is 3.52. The number of piperidine rings is 1. The average Bonchev–Trinajstić information content (AvgIpc) is 2.68. The zero-order valence-electron chi connectivity index (χ0n) is 14.3. The van der Waals surface area contributed by atoms with Gasteiger partial charge in [0.2, 0.25) is 0 Å². The quantitative estimate of drug-likeness (QED) is 0.877. The molecule has 4 rings (SSSR count). The Morgan fingerprint density at radius 2 is 1.96 bits per heavy atom. The van der Waals surface area contributed by atoms with Crippen LogP contribution in [-0.4, -0.2) is 24.6 Å². The summed E-state index contributed by atoms with van der Waals surface area (Å²) in [6, 6.07) is 16.7. The summed E-state index contributed by atoms with van der Waals surface area (Å²) in [5, 5.41) is 15.3. The zero-order chi connectivity index (χ0) is 18.0. The van der Waals surface area contributed by atoms with Crippen LogP contribution in [0.1, 0.15) is 24.0 Å². The number of ether oxygens (including phenoxy) is 1. The predicted octanol–water partition coefficient (Wildman–Crippen LogP) is 3.09. The molecule has 0 unspecified atom stereocenters. The minimum atomic E-state index is -0.444. The van der Waals surface area contributed by atoms with Gasteiger partial charge in [-0.05, 0) is 43.4 Å². The Morgan fingerprint density at radius 3 is 2.77 bits per heavy atom.